The summed E-state index contributed by atoms with van der Waals surface area (Å²) < 4.78 is 2.63. The molecule has 0 spiro atoms. The van der Waals surface area contributed by atoms with Crippen LogP contribution in [0.4, 0.5) is 0 Å². The van der Waals surface area contributed by atoms with Gasteiger partial charge < -0.3 is 0 Å². The summed E-state index contributed by atoms with van der Waals surface area (Å²) in [5.41, 5.74) is 2.19. The van der Waals surface area contributed by atoms with Gasteiger partial charge in [0.2, 0.25) is 0 Å². The van der Waals surface area contributed by atoms with Crippen LogP contribution in [-0.2, 0) is 6.54 Å². The largest absolute Gasteiger partial charge is 0.325 e. The van der Waals surface area contributed by atoms with Crippen molar-refractivity contribution in [3.63, 3.8) is 0 Å². The van der Waals surface area contributed by atoms with Crippen molar-refractivity contribution in [3.05, 3.63) is 43.4 Å². The topological polar surface area (TPSA) is 47.8 Å². The Hall–Kier alpha value is -1.53. The smallest absolute Gasteiger partial charge is 0.255 e. The van der Waals surface area contributed by atoms with Crippen LogP contribution >= 0.6 is 22.7 Å². The molecule has 0 saturated carbocycles. The zero-order valence-electron chi connectivity index (χ0n) is 10.0. The lowest BCUT2D eigenvalue weighted by molar-refractivity contribution is 0.657. The predicted octanol–water partition coefficient (Wildman–Crippen LogP) is 2.58. The molecule has 3 rings (SSSR count). The first-order chi connectivity index (χ1) is 8.61. The molecule has 0 radical (unpaired) electrons. The van der Waals surface area contributed by atoms with Crippen LogP contribution in [0.2, 0.25) is 0 Å². The zero-order valence-corrected chi connectivity index (χ0v) is 11.6. The van der Waals surface area contributed by atoms with Crippen LogP contribution in [-0.4, -0.2) is 14.8 Å². The number of benzene rings is 1. The third-order valence-corrected chi connectivity index (χ3v) is 4.36. The second-order valence-corrected chi connectivity index (χ2v) is 6.38. The molecule has 3 aromatic rings. The monoisotopic (exact) mass is 277 g/mol. The van der Waals surface area contributed by atoms with Crippen molar-refractivity contribution < 1.29 is 0 Å². The first-order valence-electron chi connectivity index (χ1n) is 5.52. The van der Waals surface area contributed by atoms with Crippen molar-refractivity contribution >= 4 is 32.9 Å². The Kier molecular flexibility index (Phi) is 2.76. The van der Waals surface area contributed by atoms with E-state index in [0.29, 0.717) is 6.54 Å². The minimum atomic E-state index is -0.0251. The molecular formula is C12H11N3OS2. The van der Waals surface area contributed by atoms with Gasteiger partial charge in [-0.25, -0.2) is 9.67 Å². The maximum Gasteiger partial charge on any atom is 0.325 e. The maximum atomic E-state index is 11.6. The fourth-order valence-electron chi connectivity index (χ4n) is 1.79. The van der Waals surface area contributed by atoms with Gasteiger partial charge in [-0.2, -0.15) is 5.10 Å². The number of hydrogen-bond donors (Lipinski definition) is 0. The van der Waals surface area contributed by atoms with Crippen molar-refractivity contribution in [1.29, 1.82) is 0 Å². The Morgan fingerprint density at radius 1 is 1.28 bits per heavy atom. The average Bonchev–Trinajstić information content (AvgIpc) is 2.82. The molecule has 0 unspecified atom stereocenters. The third-order valence-electron chi connectivity index (χ3n) is 2.58. The summed E-state index contributed by atoms with van der Waals surface area (Å²) in [6.45, 7) is 4.35. The van der Waals surface area contributed by atoms with Gasteiger partial charge in [-0.15, -0.1) is 11.3 Å². The van der Waals surface area contributed by atoms with Crippen LogP contribution in [0.3, 0.4) is 0 Å². The Bertz CT molecular complexity index is 769. The predicted molar refractivity (Wildman–Crippen MR) is 74.6 cm³/mol. The molecule has 0 N–H and O–H groups in total. The van der Waals surface area contributed by atoms with Crippen LogP contribution in [0.5, 0.6) is 0 Å². The molecule has 0 aliphatic heterocycles. The SMILES string of the molecule is Cc1ccc2sc(Cn3nc(C)sc3=O)nc2c1. The van der Waals surface area contributed by atoms with Gasteiger partial charge in [0.05, 0.1) is 16.8 Å². The van der Waals surface area contributed by atoms with Crippen molar-refractivity contribution in [1.82, 2.24) is 14.8 Å². The summed E-state index contributed by atoms with van der Waals surface area (Å²) in [4.78, 5) is 16.1. The van der Waals surface area contributed by atoms with Crippen molar-refractivity contribution in [2.24, 2.45) is 0 Å². The van der Waals surface area contributed by atoms with Gasteiger partial charge in [-0.05, 0) is 31.5 Å². The highest BCUT2D eigenvalue weighted by atomic mass is 32.1. The number of aromatic nitrogens is 3. The summed E-state index contributed by atoms with van der Waals surface area (Å²) in [7, 11) is 0. The van der Waals surface area contributed by atoms with E-state index >= 15 is 0 Å². The Morgan fingerprint density at radius 3 is 2.83 bits per heavy atom. The number of rotatable bonds is 2. The van der Waals surface area contributed by atoms with Gasteiger partial charge in [0, 0.05) is 0 Å². The van der Waals surface area contributed by atoms with E-state index in [1.54, 1.807) is 11.3 Å². The van der Waals surface area contributed by atoms with E-state index in [2.05, 4.69) is 28.3 Å². The summed E-state index contributed by atoms with van der Waals surface area (Å²) in [6, 6.07) is 6.20. The number of thiazole rings is 1. The van der Waals surface area contributed by atoms with E-state index < -0.39 is 0 Å². The summed E-state index contributed by atoms with van der Waals surface area (Å²) in [5.74, 6) is 0. The van der Waals surface area contributed by atoms with Gasteiger partial charge in [0.15, 0.2) is 0 Å². The fraction of sp³-hybridized carbons (Fsp3) is 0.250. The number of nitrogens with zero attached hydrogens (tertiary/aromatic N) is 3. The van der Waals surface area contributed by atoms with Gasteiger partial charge in [0.25, 0.3) is 0 Å². The second kappa shape index (κ2) is 4.29. The summed E-state index contributed by atoms with van der Waals surface area (Å²) in [5, 5.41) is 5.89. The van der Waals surface area contributed by atoms with E-state index in [-0.39, 0.29) is 4.87 Å². The van der Waals surface area contributed by atoms with Crippen molar-refractivity contribution in [2.75, 3.05) is 0 Å². The average molecular weight is 277 g/mol. The molecule has 0 fully saturated rings. The molecule has 0 aliphatic rings. The Morgan fingerprint density at radius 2 is 2.11 bits per heavy atom. The molecule has 0 saturated heterocycles. The highest BCUT2D eigenvalue weighted by molar-refractivity contribution is 7.18. The van der Waals surface area contributed by atoms with Crippen molar-refractivity contribution in [2.45, 2.75) is 20.4 Å². The number of fused-ring (bicyclic) bond motifs is 1. The van der Waals surface area contributed by atoms with Crippen molar-refractivity contribution in [3.8, 4) is 0 Å². The van der Waals surface area contributed by atoms with Crippen LogP contribution in [0.1, 0.15) is 15.6 Å². The molecule has 0 atom stereocenters. The molecule has 18 heavy (non-hydrogen) atoms. The number of hydrogen-bond acceptors (Lipinski definition) is 5. The Balaban J connectivity index is 2.00. The van der Waals surface area contributed by atoms with E-state index in [1.807, 2.05) is 13.8 Å². The molecule has 2 aromatic heterocycles. The molecule has 92 valence electrons. The molecule has 0 aliphatic carbocycles. The lowest BCUT2D eigenvalue weighted by Gasteiger charge is -1.93. The lowest BCUT2D eigenvalue weighted by Crippen LogP contribution is -2.15. The van der Waals surface area contributed by atoms with E-state index in [9.17, 15) is 4.79 Å². The molecule has 6 heteroatoms. The maximum absolute atomic E-state index is 11.6. The molecule has 0 amide bonds. The van der Waals surface area contributed by atoms with Crippen LogP contribution in [0.25, 0.3) is 10.2 Å². The lowest BCUT2D eigenvalue weighted by atomic mass is 10.2. The normalized spacial score (nSPS) is 11.2. The molecule has 4 nitrogen and oxygen atoms in total. The van der Waals surface area contributed by atoms with E-state index in [1.165, 1.54) is 21.6 Å². The quantitative estimate of drug-likeness (QED) is 0.723. The van der Waals surface area contributed by atoms with Crippen LogP contribution < -0.4 is 4.87 Å². The second-order valence-electron chi connectivity index (χ2n) is 4.12. The van der Waals surface area contributed by atoms with Crippen LogP contribution in [0, 0.1) is 13.8 Å². The standard InChI is InChI=1S/C12H11N3OS2/c1-7-3-4-10-9(5-7)13-11(18-10)6-15-12(16)17-8(2)14-15/h3-5H,6H2,1-2H3. The summed E-state index contributed by atoms with van der Waals surface area (Å²) in [6.07, 6.45) is 0. The Labute approximate surface area is 112 Å². The van der Waals surface area contributed by atoms with Gasteiger partial charge in [0.1, 0.15) is 10.0 Å². The molecule has 2 heterocycles. The van der Waals surface area contributed by atoms with E-state index in [0.717, 1.165) is 20.2 Å². The first kappa shape index (κ1) is 11.6. The fourth-order valence-corrected chi connectivity index (χ4v) is 3.32. The highest BCUT2D eigenvalue weighted by Crippen LogP contribution is 2.23. The van der Waals surface area contributed by atoms with Gasteiger partial charge >= 0.3 is 4.87 Å². The zero-order chi connectivity index (χ0) is 12.7. The van der Waals surface area contributed by atoms with Gasteiger partial charge in [-0.3, -0.25) is 4.79 Å². The van der Waals surface area contributed by atoms with Crippen LogP contribution in [0.15, 0.2) is 23.0 Å². The van der Waals surface area contributed by atoms with E-state index in [4.69, 9.17) is 0 Å². The minimum absolute atomic E-state index is 0.0251. The summed E-state index contributed by atoms with van der Waals surface area (Å²) >= 11 is 2.78. The van der Waals surface area contributed by atoms with Gasteiger partial charge in [-0.1, -0.05) is 17.4 Å². The molecular weight excluding hydrogens is 266 g/mol. The molecule has 0 bridgehead atoms. The number of aryl methyl sites for hydroxylation is 2. The minimum Gasteiger partial charge on any atom is -0.255 e. The highest BCUT2D eigenvalue weighted by Gasteiger charge is 2.08. The first-order valence-corrected chi connectivity index (χ1v) is 7.16. The molecule has 1 aromatic carbocycles. The third kappa shape index (κ3) is 2.09.